The maximum atomic E-state index is 12.5. The predicted octanol–water partition coefficient (Wildman–Crippen LogP) is 2.35. The van der Waals surface area contributed by atoms with Gasteiger partial charge in [0.1, 0.15) is 5.69 Å². The number of nitrogens with one attached hydrogen (secondary N) is 1. The number of nitrogens with two attached hydrogens (primary N) is 1. The zero-order valence-corrected chi connectivity index (χ0v) is 15.7. The maximum Gasteiger partial charge on any atom is 0.310 e. The molecule has 0 radical (unpaired) electrons. The summed E-state index contributed by atoms with van der Waals surface area (Å²) in [7, 11) is 1.34. The Morgan fingerprint density at radius 1 is 1.32 bits per heavy atom. The second-order valence-corrected chi connectivity index (χ2v) is 6.28. The van der Waals surface area contributed by atoms with Crippen molar-refractivity contribution in [3.05, 3.63) is 52.0 Å². The van der Waals surface area contributed by atoms with E-state index in [-0.39, 0.29) is 24.3 Å². The van der Waals surface area contributed by atoms with Crippen LogP contribution in [0.4, 0.5) is 0 Å². The fourth-order valence-corrected chi connectivity index (χ4v) is 3.14. The Hall–Kier alpha value is -1.96. The van der Waals surface area contributed by atoms with Crippen LogP contribution in [-0.4, -0.2) is 30.5 Å². The number of hydrogen-bond donors (Lipinski definition) is 2. The molecule has 3 N–H and O–H groups in total. The zero-order valence-electron chi connectivity index (χ0n) is 14.1. The van der Waals surface area contributed by atoms with Crippen LogP contribution in [0.25, 0.3) is 0 Å². The minimum Gasteiger partial charge on any atom is -0.469 e. The number of hydrogen-bond acceptors (Lipinski definition) is 6. The zero-order chi connectivity index (χ0) is 17.5. The molecule has 1 heterocycles. The molecule has 1 amide bonds. The van der Waals surface area contributed by atoms with Crippen LogP contribution in [0.15, 0.2) is 35.7 Å². The summed E-state index contributed by atoms with van der Waals surface area (Å²) >= 11 is 1.40. The second kappa shape index (κ2) is 10.1. The number of carbonyl (C=O) groups excluding carboxylic acids is 2. The first-order valence-electron chi connectivity index (χ1n) is 7.65. The van der Waals surface area contributed by atoms with Gasteiger partial charge in [0.25, 0.3) is 5.91 Å². The van der Waals surface area contributed by atoms with Crippen LogP contribution in [0.3, 0.4) is 0 Å². The number of benzene rings is 1. The first-order valence-corrected chi connectivity index (χ1v) is 8.53. The van der Waals surface area contributed by atoms with Crippen molar-refractivity contribution in [3.63, 3.8) is 0 Å². The van der Waals surface area contributed by atoms with E-state index in [2.05, 4.69) is 10.3 Å². The standard InChI is InChI=1S/C17H21N3O3S.ClH/c1-11(17(22)23-2)15(12-6-4-3-5-7-12)20-16(21)13-10-24-14(19-13)8-9-18;/h3-7,10-11,15H,8-9,18H2,1-2H3,(H,20,21);1H. The summed E-state index contributed by atoms with van der Waals surface area (Å²) in [4.78, 5) is 28.7. The van der Waals surface area contributed by atoms with Gasteiger partial charge in [-0.3, -0.25) is 9.59 Å². The number of rotatable bonds is 7. The molecule has 0 aliphatic rings. The van der Waals surface area contributed by atoms with E-state index >= 15 is 0 Å². The average Bonchev–Trinajstić information content (AvgIpc) is 3.08. The van der Waals surface area contributed by atoms with Gasteiger partial charge < -0.3 is 15.8 Å². The number of methoxy groups -OCH3 is 1. The Balaban J connectivity index is 0.00000312. The number of thiazole rings is 1. The number of esters is 1. The average molecular weight is 384 g/mol. The number of ether oxygens (including phenoxy) is 1. The summed E-state index contributed by atoms with van der Waals surface area (Å²) < 4.78 is 4.82. The molecule has 0 saturated carbocycles. The minimum absolute atomic E-state index is 0. The molecule has 0 spiro atoms. The number of halogens is 1. The summed E-state index contributed by atoms with van der Waals surface area (Å²) in [5, 5.41) is 5.41. The first kappa shape index (κ1) is 21.1. The van der Waals surface area contributed by atoms with Crippen LogP contribution in [0.5, 0.6) is 0 Å². The van der Waals surface area contributed by atoms with E-state index in [4.69, 9.17) is 10.5 Å². The summed E-state index contributed by atoms with van der Waals surface area (Å²) in [5.41, 5.74) is 6.67. The minimum atomic E-state index is -0.525. The third-order valence-electron chi connectivity index (χ3n) is 3.66. The molecule has 136 valence electrons. The normalized spacial score (nSPS) is 12.6. The highest BCUT2D eigenvalue weighted by molar-refractivity contribution is 7.09. The van der Waals surface area contributed by atoms with Crippen LogP contribution >= 0.6 is 23.7 Å². The van der Waals surface area contributed by atoms with Crippen molar-refractivity contribution >= 4 is 35.6 Å². The van der Waals surface area contributed by atoms with Gasteiger partial charge in [-0.2, -0.15) is 0 Å². The lowest BCUT2D eigenvalue weighted by Gasteiger charge is -2.23. The molecule has 6 nitrogen and oxygen atoms in total. The van der Waals surface area contributed by atoms with Gasteiger partial charge in [-0.15, -0.1) is 23.7 Å². The van der Waals surface area contributed by atoms with Crippen LogP contribution in [0.1, 0.15) is 34.0 Å². The van der Waals surface area contributed by atoms with Gasteiger partial charge in [-0.1, -0.05) is 30.3 Å². The van der Waals surface area contributed by atoms with Gasteiger partial charge in [0.05, 0.1) is 24.1 Å². The van der Waals surface area contributed by atoms with Gasteiger partial charge in [-0.05, 0) is 19.0 Å². The fraction of sp³-hybridized carbons (Fsp3) is 0.353. The van der Waals surface area contributed by atoms with E-state index in [0.717, 1.165) is 10.6 Å². The first-order chi connectivity index (χ1) is 11.6. The molecule has 1 aromatic heterocycles. The molecule has 8 heteroatoms. The van der Waals surface area contributed by atoms with Gasteiger partial charge in [-0.25, -0.2) is 4.98 Å². The lowest BCUT2D eigenvalue weighted by Crippen LogP contribution is -2.36. The number of amides is 1. The van der Waals surface area contributed by atoms with Crippen LogP contribution < -0.4 is 11.1 Å². The Morgan fingerprint density at radius 2 is 2.00 bits per heavy atom. The largest absolute Gasteiger partial charge is 0.469 e. The summed E-state index contributed by atoms with van der Waals surface area (Å²) in [5.74, 6) is -1.23. The van der Waals surface area contributed by atoms with Gasteiger partial charge in [0.15, 0.2) is 0 Å². The van der Waals surface area contributed by atoms with E-state index in [1.165, 1.54) is 18.4 Å². The Labute approximate surface area is 157 Å². The van der Waals surface area contributed by atoms with Crippen molar-refractivity contribution < 1.29 is 14.3 Å². The summed E-state index contributed by atoms with van der Waals surface area (Å²) in [6.45, 7) is 2.21. The van der Waals surface area contributed by atoms with Crippen LogP contribution in [0.2, 0.25) is 0 Å². The van der Waals surface area contributed by atoms with Crippen molar-refractivity contribution in [2.45, 2.75) is 19.4 Å². The number of nitrogens with zero attached hydrogens (tertiary/aromatic N) is 1. The van der Waals surface area contributed by atoms with Gasteiger partial charge in [0, 0.05) is 11.8 Å². The molecule has 0 saturated heterocycles. The summed E-state index contributed by atoms with van der Waals surface area (Å²) in [6.07, 6.45) is 0.638. The van der Waals surface area contributed by atoms with Crippen LogP contribution in [0, 0.1) is 5.92 Å². The van der Waals surface area contributed by atoms with Crippen LogP contribution in [-0.2, 0) is 16.0 Å². The smallest absolute Gasteiger partial charge is 0.310 e. The monoisotopic (exact) mass is 383 g/mol. The molecule has 2 rings (SSSR count). The molecule has 2 unspecified atom stereocenters. The molecule has 0 aliphatic carbocycles. The molecule has 0 aliphatic heterocycles. The van der Waals surface area contributed by atoms with Gasteiger partial charge >= 0.3 is 5.97 Å². The highest BCUT2D eigenvalue weighted by Gasteiger charge is 2.28. The van der Waals surface area contributed by atoms with E-state index < -0.39 is 12.0 Å². The predicted molar refractivity (Wildman–Crippen MR) is 99.9 cm³/mol. The Kier molecular flexibility index (Phi) is 8.54. The second-order valence-electron chi connectivity index (χ2n) is 5.34. The van der Waals surface area contributed by atoms with E-state index in [9.17, 15) is 9.59 Å². The SMILES string of the molecule is COC(=O)C(C)C(NC(=O)c1csc(CCN)n1)c1ccccc1.Cl. The lowest BCUT2D eigenvalue weighted by molar-refractivity contribution is -0.145. The maximum absolute atomic E-state index is 12.5. The molecule has 2 atom stereocenters. The molecule has 0 fully saturated rings. The van der Waals surface area contributed by atoms with E-state index in [1.54, 1.807) is 12.3 Å². The van der Waals surface area contributed by atoms with E-state index in [0.29, 0.717) is 18.7 Å². The molecule has 0 bridgehead atoms. The topological polar surface area (TPSA) is 94.3 Å². The number of carbonyl (C=O) groups is 2. The molecule has 2 aromatic rings. The molecule has 1 aromatic carbocycles. The Bertz CT molecular complexity index is 693. The van der Waals surface area contributed by atoms with Gasteiger partial charge in [0.2, 0.25) is 0 Å². The highest BCUT2D eigenvalue weighted by Crippen LogP contribution is 2.24. The van der Waals surface area contributed by atoms with Crippen molar-refractivity contribution in [2.24, 2.45) is 11.7 Å². The lowest BCUT2D eigenvalue weighted by atomic mass is 9.94. The van der Waals surface area contributed by atoms with Crippen molar-refractivity contribution in [2.75, 3.05) is 13.7 Å². The fourth-order valence-electron chi connectivity index (χ4n) is 2.35. The van der Waals surface area contributed by atoms with E-state index in [1.807, 2.05) is 30.3 Å². The number of aromatic nitrogens is 1. The highest BCUT2D eigenvalue weighted by atomic mass is 35.5. The quantitative estimate of drug-likeness (QED) is 0.715. The molecule has 25 heavy (non-hydrogen) atoms. The third kappa shape index (κ3) is 5.52. The third-order valence-corrected chi connectivity index (χ3v) is 4.57. The van der Waals surface area contributed by atoms with Crippen molar-refractivity contribution in [1.29, 1.82) is 0 Å². The Morgan fingerprint density at radius 3 is 2.60 bits per heavy atom. The molecular formula is C17H22ClN3O3S. The summed E-state index contributed by atoms with van der Waals surface area (Å²) in [6, 6.07) is 8.84. The molecular weight excluding hydrogens is 362 g/mol. The van der Waals surface area contributed by atoms with Crippen molar-refractivity contribution in [1.82, 2.24) is 10.3 Å². The van der Waals surface area contributed by atoms with Crippen molar-refractivity contribution in [3.8, 4) is 0 Å².